The van der Waals surface area contributed by atoms with Crippen LogP contribution in [0.1, 0.15) is 85.0 Å². The van der Waals surface area contributed by atoms with Gasteiger partial charge in [0.05, 0.1) is 6.10 Å². The number of allylic oxidation sites excluding steroid dienone is 4. The molecule has 1 fully saturated rings. The van der Waals surface area contributed by atoms with Gasteiger partial charge in [-0.3, -0.25) is 4.79 Å². The topological polar surface area (TPSA) is 63.6 Å². The van der Waals surface area contributed by atoms with Gasteiger partial charge in [0.25, 0.3) is 0 Å². The van der Waals surface area contributed by atoms with E-state index in [2.05, 4.69) is 31.2 Å². The quantitative estimate of drug-likeness (QED) is 0.273. The number of esters is 1. The molecular weight excluding hydrogens is 340 g/mol. The Morgan fingerprint density at radius 1 is 1.19 bits per heavy atom. The van der Waals surface area contributed by atoms with Gasteiger partial charge in [-0.15, -0.1) is 0 Å². The highest BCUT2D eigenvalue weighted by Gasteiger charge is 2.32. The van der Waals surface area contributed by atoms with Crippen molar-refractivity contribution in [1.29, 1.82) is 0 Å². The lowest BCUT2D eigenvalue weighted by Gasteiger charge is -2.15. The molecule has 1 aliphatic rings. The Morgan fingerprint density at radius 2 is 1.93 bits per heavy atom. The second kappa shape index (κ2) is 13.7. The summed E-state index contributed by atoms with van der Waals surface area (Å²) >= 11 is 0. The Kier molecular flexibility index (Phi) is 12.0. The fraction of sp³-hybridized carbons (Fsp3) is 0.739. The molecule has 0 saturated heterocycles. The van der Waals surface area contributed by atoms with E-state index in [1.165, 1.54) is 0 Å². The van der Waals surface area contributed by atoms with Crippen molar-refractivity contribution in [1.82, 2.24) is 0 Å². The van der Waals surface area contributed by atoms with E-state index >= 15 is 0 Å². The molecule has 0 aromatic heterocycles. The Morgan fingerprint density at radius 3 is 2.63 bits per heavy atom. The molecule has 4 heteroatoms. The van der Waals surface area contributed by atoms with Crippen LogP contribution in [0.3, 0.4) is 0 Å². The van der Waals surface area contributed by atoms with Crippen LogP contribution in [-0.2, 0) is 14.3 Å². The Hall–Kier alpha value is -1.42. The highest BCUT2D eigenvalue weighted by atomic mass is 16.6. The molecule has 4 nitrogen and oxygen atoms in total. The first-order valence-electron chi connectivity index (χ1n) is 10.7. The number of ether oxygens (including phenoxy) is 1. The predicted molar refractivity (Wildman–Crippen MR) is 109 cm³/mol. The molecule has 1 unspecified atom stereocenters. The number of aliphatic hydroxyl groups is 1. The molecule has 1 N–H and O–H groups in total. The van der Waals surface area contributed by atoms with Gasteiger partial charge in [0, 0.05) is 12.3 Å². The molecule has 0 amide bonds. The summed E-state index contributed by atoms with van der Waals surface area (Å²) in [5.74, 6) is 0.411. The molecule has 0 aromatic carbocycles. The summed E-state index contributed by atoms with van der Waals surface area (Å²) in [4.78, 5) is 23.7. The lowest BCUT2D eigenvalue weighted by Crippen LogP contribution is -2.25. The first kappa shape index (κ1) is 23.6. The Bertz CT molecular complexity index is 493. The molecule has 0 spiro atoms. The Labute approximate surface area is 165 Å². The van der Waals surface area contributed by atoms with Crippen molar-refractivity contribution in [2.75, 3.05) is 0 Å². The van der Waals surface area contributed by atoms with E-state index < -0.39 is 12.1 Å². The first-order chi connectivity index (χ1) is 13.0. The third-order valence-electron chi connectivity index (χ3n) is 5.06. The number of rotatable bonds is 13. The zero-order valence-electron chi connectivity index (χ0n) is 17.4. The molecule has 27 heavy (non-hydrogen) atoms. The molecule has 0 radical (unpaired) electrons. The largest absolute Gasteiger partial charge is 0.461 e. The summed E-state index contributed by atoms with van der Waals surface area (Å²) in [5, 5.41) is 9.79. The van der Waals surface area contributed by atoms with Gasteiger partial charge in [-0.2, -0.15) is 0 Å². The summed E-state index contributed by atoms with van der Waals surface area (Å²) in [6.07, 6.45) is 16.5. The van der Waals surface area contributed by atoms with Crippen LogP contribution >= 0.6 is 0 Å². The first-order valence-corrected chi connectivity index (χ1v) is 10.7. The van der Waals surface area contributed by atoms with Gasteiger partial charge in [-0.25, -0.2) is 4.79 Å². The maximum Gasteiger partial charge on any atom is 0.335 e. The van der Waals surface area contributed by atoms with Crippen molar-refractivity contribution < 1.29 is 19.4 Å². The lowest BCUT2D eigenvalue weighted by molar-refractivity contribution is -0.157. The minimum Gasteiger partial charge on any atom is -0.461 e. The van der Waals surface area contributed by atoms with Crippen LogP contribution in [0.15, 0.2) is 24.3 Å². The van der Waals surface area contributed by atoms with Gasteiger partial charge in [0.15, 0.2) is 6.10 Å². The molecule has 1 aliphatic carbocycles. The zero-order chi connectivity index (χ0) is 20.1. The SMILES string of the molecule is CCC=CCCC=C[C@H]1CCC(=O)[C@@H]1CCCCCC(O)C(=O)OC(C)C. The van der Waals surface area contributed by atoms with Gasteiger partial charge in [-0.05, 0) is 58.3 Å². The number of hydrogen-bond acceptors (Lipinski definition) is 4. The minimum atomic E-state index is -1.03. The fourth-order valence-corrected chi connectivity index (χ4v) is 3.60. The van der Waals surface area contributed by atoms with E-state index in [0.717, 1.165) is 51.4 Å². The number of ketones is 1. The van der Waals surface area contributed by atoms with Crippen LogP contribution < -0.4 is 0 Å². The number of Topliss-reactive ketones (excluding diaryl/α,β-unsaturated/α-hetero) is 1. The zero-order valence-corrected chi connectivity index (χ0v) is 17.4. The molecule has 154 valence electrons. The minimum absolute atomic E-state index is 0.156. The average molecular weight is 379 g/mol. The molecular formula is C23H38O4. The van der Waals surface area contributed by atoms with Gasteiger partial charge in [-0.1, -0.05) is 50.5 Å². The number of hydrogen-bond donors (Lipinski definition) is 1. The van der Waals surface area contributed by atoms with Crippen LogP contribution in [0.2, 0.25) is 0 Å². The molecule has 0 heterocycles. The van der Waals surface area contributed by atoms with Crippen LogP contribution in [0.5, 0.6) is 0 Å². The average Bonchev–Trinajstić information content (AvgIpc) is 2.97. The van der Waals surface area contributed by atoms with Crippen molar-refractivity contribution in [3.63, 3.8) is 0 Å². The predicted octanol–water partition coefficient (Wildman–Crippen LogP) is 5.15. The Balaban J connectivity index is 2.25. The maximum atomic E-state index is 12.2. The number of carbonyl (C=O) groups is 2. The van der Waals surface area contributed by atoms with E-state index in [9.17, 15) is 14.7 Å². The number of unbranched alkanes of at least 4 members (excludes halogenated alkanes) is 3. The molecule has 0 aromatic rings. The van der Waals surface area contributed by atoms with Gasteiger partial charge in [0.1, 0.15) is 5.78 Å². The third kappa shape index (κ3) is 9.90. The third-order valence-corrected chi connectivity index (χ3v) is 5.06. The van der Waals surface area contributed by atoms with E-state index in [0.29, 0.717) is 24.5 Å². The summed E-state index contributed by atoms with van der Waals surface area (Å²) in [7, 11) is 0. The van der Waals surface area contributed by atoms with Crippen LogP contribution in [0.4, 0.5) is 0 Å². The number of carbonyl (C=O) groups excluding carboxylic acids is 2. The summed E-state index contributed by atoms with van der Waals surface area (Å²) < 4.78 is 5.00. The van der Waals surface area contributed by atoms with Crippen molar-refractivity contribution in [2.45, 2.75) is 97.2 Å². The van der Waals surface area contributed by atoms with Crippen LogP contribution in [0, 0.1) is 11.8 Å². The second-order valence-corrected chi connectivity index (χ2v) is 7.80. The van der Waals surface area contributed by atoms with Crippen LogP contribution in [-0.4, -0.2) is 29.1 Å². The normalized spacial score (nSPS) is 21.6. The van der Waals surface area contributed by atoms with Crippen molar-refractivity contribution in [3.05, 3.63) is 24.3 Å². The fourth-order valence-electron chi connectivity index (χ4n) is 3.60. The summed E-state index contributed by atoms with van der Waals surface area (Å²) in [6.45, 7) is 5.69. The smallest absolute Gasteiger partial charge is 0.335 e. The van der Waals surface area contributed by atoms with Crippen molar-refractivity contribution >= 4 is 11.8 Å². The second-order valence-electron chi connectivity index (χ2n) is 7.80. The van der Waals surface area contributed by atoms with Crippen molar-refractivity contribution in [2.24, 2.45) is 11.8 Å². The van der Waals surface area contributed by atoms with E-state index in [-0.39, 0.29) is 12.0 Å². The molecule has 1 saturated carbocycles. The molecule has 3 atom stereocenters. The van der Waals surface area contributed by atoms with Crippen LogP contribution in [0.25, 0.3) is 0 Å². The summed E-state index contributed by atoms with van der Waals surface area (Å²) in [5.41, 5.74) is 0. The molecule has 0 aliphatic heterocycles. The van der Waals surface area contributed by atoms with E-state index in [1.54, 1.807) is 13.8 Å². The standard InChI is InChI=1S/C23H38O4/c1-4-5-6-7-8-10-13-19-16-17-21(24)20(19)14-11-9-12-15-22(25)23(26)27-18(2)3/h5-6,10,13,18-20,22,25H,4,7-9,11-12,14-17H2,1-3H3/t19-,20+,22?/m0/s1. The number of aliphatic hydroxyl groups excluding tert-OH is 1. The highest BCUT2D eigenvalue weighted by Crippen LogP contribution is 2.34. The van der Waals surface area contributed by atoms with E-state index in [4.69, 9.17) is 4.74 Å². The molecule has 1 rings (SSSR count). The van der Waals surface area contributed by atoms with Crippen molar-refractivity contribution in [3.8, 4) is 0 Å². The van der Waals surface area contributed by atoms with Gasteiger partial charge in [0.2, 0.25) is 0 Å². The molecule has 0 bridgehead atoms. The monoisotopic (exact) mass is 378 g/mol. The van der Waals surface area contributed by atoms with Gasteiger partial charge >= 0.3 is 5.97 Å². The summed E-state index contributed by atoms with van der Waals surface area (Å²) in [6, 6.07) is 0. The maximum absolute atomic E-state index is 12.2. The highest BCUT2D eigenvalue weighted by molar-refractivity contribution is 5.83. The van der Waals surface area contributed by atoms with E-state index in [1.807, 2.05) is 0 Å². The lowest BCUT2D eigenvalue weighted by atomic mass is 9.89. The van der Waals surface area contributed by atoms with Gasteiger partial charge < -0.3 is 9.84 Å².